The van der Waals surface area contributed by atoms with Crippen LogP contribution >= 0.6 is 0 Å². The summed E-state index contributed by atoms with van der Waals surface area (Å²) in [6.07, 6.45) is -1.18. The van der Waals surface area contributed by atoms with Gasteiger partial charge < -0.3 is 15.4 Å². The van der Waals surface area contributed by atoms with Gasteiger partial charge in [-0.05, 0) is 17.7 Å². The molecule has 0 saturated carbocycles. The second kappa shape index (κ2) is 3.58. The first kappa shape index (κ1) is 9.47. The molecular formula is C9H9N3O3. The van der Waals surface area contributed by atoms with E-state index in [0.29, 0.717) is 17.5 Å². The first-order valence-electron chi connectivity index (χ1n) is 4.29. The summed E-state index contributed by atoms with van der Waals surface area (Å²) >= 11 is 0. The number of hydrogen-bond donors (Lipinski definition) is 3. The van der Waals surface area contributed by atoms with Crippen molar-refractivity contribution in [3.8, 4) is 0 Å². The van der Waals surface area contributed by atoms with Crippen LogP contribution in [0.5, 0.6) is 0 Å². The van der Waals surface area contributed by atoms with E-state index in [1.165, 1.54) is 0 Å². The molecule has 6 nitrogen and oxygen atoms in total. The highest BCUT2D eigenvalue weighted by atomic mass is 16.5. The van der Waals surface area contributed by atoms with Gasteiger partial charge >= 0.3 is 6.09 Å². The van der Waals surface area contributed by atoms with Crippen LogP contribution in [0.25, 0.3) is 11.0 Å². The Bertz CT molecular complexity index is 506. The number of nitrogens with zero attached hydrogens (tertiary/aromatic N) is 1. The molecule has 0 bridgehead atoms. The molecule has 0 saturated heterocycles. The number of fused-ring (bicyclic) bond motifs is 1. The summed E-state index contributed by atoms with van der Waals surface area (Å²) in [5, 5.41) is 14.9. The van der Waals surface area contributed by atoms with Crippen molar-refractivity contribution < 1.29 is 14.4 Å². The quantitative estimate of drug-likeness (QED) is 0.690. The summed E-state index contributed by atoms with van der Waals surface area (Å²) in [5.41, 5.74) is 6.89. The van der Waals surface area contributed by atoms with Crippen molar-refractivity contribution in [3.05, 3.63) is 23.8 Å². The molecule has 0 unspecified atom stereocenters. The Hall–Kier alpha value is -2.08. The molecule has 4 N–H and O–H groups in total. The molecule has 0 atom stereocenters. The average Bonchev–Trinajstić information content (AvgIpc) is 2.60. The summed E-state index contributed by atoms with van der Waals surface area (Å²) in [5.74, 6) is 0.188. The summed E-state index contributed by atoms with van der Waals surface area (Å²) in [4.78, 5) is 10.4. The fourth-order valence-corrected chi connectivity index (χ4v) is 1.30. The van der Waals surface area contributed by atoms with Crippen LogP contribution in [0.4, 0.5) is 10.6 Å². The van der Waals surface area contributed by atoms with Gasteiger partial charge in [-0.2, -0.15) is 0 Å². The number of carboxylic acid groups (broad SMARTS) is 1. The van der Waals surface area contributed by atoms with Gasteiger partial charge in [0.05, 0.1) is 5.39 Å². The molecule has 0 fully saturated rings. The van der Waals surface area contributed by atoms with E-state index < -0.39 is 6.09 Å². The third kappa shape index (κ3) is 1.75. The molecule has 1 heterocycles. The molecule has 0 spiro atoms. The van der Waals surface area contributed by atoms with E-state index in [2.05, 4.69) is 10.5 Å². The second-order valence-electron chi connectivity index (χ2n) is 3.00. The van der Waals surface area contributed by atoms with Crippen molar-refractivity contribution in [1.29, 1.82) is 0 Å². The minimum absolute atomic E-state index is 0.188. The molecule has 2 aromatic rings. The standard InChI is InChI=1S/C9H9N3O3/c10-4-5-1-2-7-6(3-5)8(12-15-7)11-9(13)14/h1-3H,4,10H2,(H,11,12)(H,13,14). The third-order valence-corrected chi connectivity index (χ3v) is 2.00. The highest BCUT2D eigenvalue weighted by molar-refractivity contribution is 5.95. The minimum atomic E-state index is -1.18. The molecule has 0 aliphatic heterocycles. The zero-order chi connectivity index (χ0) is 10.8. The Morgan fingerprint density at radius 1 is 1.60 bits per heavy atom. The Balaban J connectivity index is 2.51. The first-order chi connectivity index (χ1) is 7.20. The van der Waals surface area contributed by atoms with Gasteiger partial charge in [0.1, 0.15) is 0 Å². The Morgan fingerprint density at radius 3 is 3.07 bits per heavy atom. The smallest absolute Gasteiger partial charge is 0.410 e. The van der Waals surface area contributed by atoms with Crippen molar-refractivity contribution in [2.24, 2.45) is 5.73 Å². The fourth-order valence-electron chi connectivity index (χ4n) is 1.30. The Kier molecular flexibility index (Phi) is 2.26. The average molecular weight is 207 g/mol. The van der Waals surface area contributed by atoms with Crippen LogP contribution in [0, 0.1) is 0 Å². The van der Waals surface area contributed by atoms with Crippen molar-refractivity contribution >= 4 is 22.9 Å². The number of carbonyl (C=O) groups is 1. The Labute approximate surface area is 84.7 Å². The van der Waals surface area contributed by atoms with Crippen LogP contribution < -0.4 is 11.1 Å². The fraction of sp³-hybridized carbons (Fsp3) is 0.111. The molecular weight excluding hydrogens is 198 g/mol. The Morgan fingerprint density at radius 2 is 2.40 bits per heavy atom. The van der Waals surface area contributed by atoms with Crippen molar-refractivity contribution in [2.45, 2.75) is 6.54 Å². The maximum absolute atomic E-state index is 10.4. The van der Waals surface area contributed by atoms with Crippen LogP contribution in [0.3, 0.4) is 0 Å². The largest absolute Gasteiger partial charge is 0.465 e. The van der Waals surface area contributed by atoms with E-state index in [0.717, 1.165) is 5.56 Å². The number of nitrogens with one attached hydrogen (secondary N) is 1. The summed E-state index contributed by atoms with van der Waals surface area (Å²) in [6.45, 7) is 0.383. The van der Waals surface area contributed by atoms with Crippen LogP contribution in [0.15, 0.2) is 22.7 Å². The third-order valence-electron chi connectivity index (χ3n) is 2.00. The molecule has 1 aromatic carbocycles. The topological polar surface area (TPSA) is 101 Å². The number of benzene rings is 1. The van der Waals surface area contributed by atoms with Gasteiger partial charge in [-0.3, -0.25) is 5.32 Å². The lowest BCUT2D eigenvalue weighted by Gasteiger charge is -1.97. The van der Waals surface area contributed by atoms with Crippen LogP contribution in [0.2, 0.25) is 0 Å². The van der Waals surface area contributed by atoms with E-state index in [4.69, 9.17) is 15.4 Å². The van der Waals surface area contributed by atoms with Gasteiger partial charge in [0.2, 0.25) is 0 Å². The highest BCUT2D eigenvalue weighted by Crippen LogP contribution is 2.23. The summed E-state index contributed by atoms with van der Waals surface area (Å²) < 4.78 is 4.93. The van der Waals surface area contributed by atoms with E-state index in [9.17, 15) is 4.79 Å². The molecule has 1 amide bonds. The predicted molar refractivity (Wildman–Crippen MR) is 53.5 cm³/mol. The maximum Gasteiger partial charge on any atom is 0.410 e. The molecule has 2 rings (SSSR count). The molecule has 0 aliphatic rings. The van der Waals surface area contributed by atoms with Gasteiger partial charge in [-0.15, -0.1) is 0 Å². The minimum Gasteiger partial charge on any atom is -0.465 e. The van der Waals surface area contributed by atoms with Gasteiger partial charge in [0.15, 0.2) is 11.4 Å². The monoisotopic (exact) mass is 207 g/mol. The lowest BCUT2D eigenvalue weighted by atomic mass is 10.1. The summed E-state index contributed by atoms with van der Waals surface area (Å²) in [6, 6.07) is 5.26. The first-order valence-corrected chi connectivity index (χ1v) is 4.29. The molecule has 0 aliphatic carbocycles. The lowest BCUT2D eigenvalue weighted by Crippen LogP contribution is -2.07. The number of aromatic nitrogens is 1. The SMILES string of the molecule is NCc1ccc2onc(NC(=O)O)c2c1. The number of hydrogen-bond acceptors (Lipinski definition) is 4. The number of anilines is 1. The highest BCUT2D eigenvalue weighted by Gasteiger charge is 2.10. The molecule has 78 valence electrons. The van der Waals surface area contributed by atoms with Crippen LogP contribution in [-0.4, -0.2) is 16.4 Å². The van der Waals surface area contributed by atoms with E-state index in [1.54, 1.807) is 18.2 Å². The molecule has 0 radical (unpaired) electrons. The van der Waals surface area contributed by atoms with Crippen molar-refractivity contribution in [3.63, 3.8) is 0 Å². The lowest BCUT2D eigenvalue weighted by molar-refractivity contribution is 0.209. The second-order valence-corrected chi connectivity index (χ2v) is 3.00. The molecule has 15 heavy (non-hydrogen) atoms. The molecule has 1 aromatic heterocycles. The van der Waals surface area contributed by atoms with E-state index in [-0.39, 0.29) is 5.82 Å². The summed E-state index contributed by atoms with van der Waals surface area (Å²) in [7, 11) is 0. The number of amides is 1. The van der Waals surface area contributed by atoms with Crippen molar-refractivity contribution in [1.82, 2.24) is 5.16 Å². The van der Waals surface area contributed by atoms with E-state index in [1.807, 2.05) is 0 Å². The van der Waals surface area contributed by atoms with Gasteiger partial charge in [-0.25, -0.2) is 4.79 Å². The van der Waals surface area contributed by atoms with E-state index >= 15 is 0 Å². The predicted octanol–water partition coefficient (Wildman–Crippen LogP) is 1.38. The van der Waals surface area contributed by atoms with Gasteiger partial charge in [0, 0.05) is 6.54 Å². The van der Waals surface area contributed by atoms with Crippen LogP contribution in [-0.2, 0) is 6.54 Å². The number of nitrogens with two attached hydrogens (primary N) is 1. The normalized spacial score (nSPS) is 10.5. The van der Waals surface area contributed by atoms with Crippen LogP contribution in [0.1, 0.15) is 5.56 Å². The zero-order valence-electron chi connectivity index (χ0n) is 7.73. The number of rotatable bonds is 2. The zero-order valence-corrected chi connectivity index (χ0v) is 7.73. The molecule has 6 heteroatoms. The van der Waals surface area contributed by atoms with Gasteiger partial charge in [-0.1, -0.05) is 11.2 Å². The van der Waals surface area contributed by atoms with Crippen molar-refractivity contribution in [2.75, 3.05) is 5.32 Å². The van der Waals surface area contributed by atoms with Gasteiger partial charge in [0.25, 0.3) is 0 Å². The maximum atomic E-state index is 10.4.